The molecule has 4 aromatic rings. The highest BCUT2D eigenvalue weighted by Crippen LogP contribution is 2.53. The van der Waals surface area contributed by atoms with Crippen molar-refractivity contribution in [3.8, 4) is 0 Å². The molecule has 4 aromatic carbocycles. The van der Waals surface area contributed by atoms with E-state index in [1.54, 1.807) is 0 Å². The molecule has 0 aliphatic carbocycles. The van der Waals surface area contributed by atoms with Crippen LogP contribution in [0.2, 0.25) is 0 Å². The fraction of sp³-hybridized carbons (Fsp3) is 0.257. The van der Waals surface area contributed by atoms with Crippen molar-refractivity contribution in [2.45, 2.75) is 43.9 Å². The van der Waals surface area contributed by atoms with Gasteiger partial charge in [0.2, 0.25) is 0 Å². The molecule has 1 aliphatic rings. The third-order valence-electron chi connectivity index (χ3n) is 8.44. The van der Waals surface area contributed by atoms with E-state index in [2.05, 4.69) is 135 Å². The predicted octanol–water partition coefficient (Wildman–Crippen LogP) is 9.13. The van der Waals surface area contributed by atoms with Gasteiger partial charge in [-0.2, -0.15) is 0 Å². The average molecular weight is 487 g/mol. The monoisotopic (exact) mass is 486 g/mol. The second-order valence-corrected chi connectivity index (χ2v) is 10.9. The van der Waals surface area contributed by atoms with Gasteiger partial charge >= 0.3 is 0 Å². The summed E-state index contributed by atoms with van der Waals surface area (Å²) in [6.07, 6.45) is 9.31. The number of rotatable bonds is 8. The van der Waals surface area contributed by atoms with Gasteiger partial charge in [-0.15, -0.1) is 13.2 Å². The molecule has 1 heterocycles. The topological polar surface area (TPSA) is 15.3 Å². The van der Waals surface area contributed by atoms with E-state index in [1.807, 2.05) is 7.05 Å². The first-order chi connectivity index (χ1) is 17.9. The van der Waals surface area contributed by atoms with Crippen molar-refractivity contribution in [2.24, 2.45) is 0 Å². The highest BCUT2D eigenvalue weighted by atomic mass is 15.2. The van der Waals surface area contributed by atoms with Gasteiger partial charge in [0.25, 0.3) is 0 Å². The highest BCUT2D eigenvalue weighted by molar-refractivity contribution is 5.95. The zero-order valence-electron chi connectivity index (χ0n) is 22.6. The van der Waals surface area contributed by atoms with Crippen LogP contribution in [0.15, 0.2) is 110 Å². The number of nitrogens with zero attached hydrogens (tertiary/aromatic N) is 1. The van der Waals surface area contributed by atoms with Crippen LogP contribution in [-0.2, 0) is 10.8 Å². The maximum absolute atomic E-state index is 4.16. The molecule has 0 amide bonds. The summed E-state index contributed by atoms with van der Waals surface area (Å²) in [5, 5.41) is 8.68. The SMILES string of the molecule is C=CCC(C)(C/C=C1/N(C)c2ccc3ccccc3c2C1(C)CC=C)c1c(NC)ccc2ccccc12. The van der Waals surface area contributed by atoms with Gasteiger partial charge in [-0.25, -0.2) is 0 Å². The Morgan fingerprint density at radius 2 is 1.51 bits per heavy atom. The van der Waals surface area contributed by atoms with E-state index < -0.39 is 0 Å². The molecule has 2 nitrogen and oxygen atoms in total. The lowest BCUT2D eigenvalue weighted by Crippen LogP contribution is -2.28. The van der Waals surface area contributed by atoms with Crippen LogP contribution < -0.4 is 10.2 Å². The van der Waals surface area contributed by atoms with Crippen molar-refractivity contribution >= 4 is 32.9 Å². The van der Waals surface area contributed by atoms with Crippen LogP contribution in [0, 0.1) is 0 Å². The molecule has 1 N–H and O–H groups in total. The minimum atomic E-state index is -0.146. The Kier molecular flexibility index (Phi) is 6.45. The highest BCUT2D eigenvalue weighted by Gasteiger charge is 2.43. The molecule has 2 unspecified atom stereocenters. The zero-order valence-corrected chi connectivity index (χ0v) is 22.6. The minimum absolute atomic E-state index is 0.124. The maximum atomic E-state index is 4.16. The van der Waals surface area contributed by atoms with Gasteiger partial charge < -0.3 is 10.2 Å². The number of likely N-dealkylation sites (N-methyl/N-ethyl adjacent to an activating group) is 1. The normalized spacial score (nSPS) is 19.7. The fourth-order valence-electron chi connectivity index (χ4n) is 6.66. The lowest BCUT2D eigenvalue weighted by Gasteiger charge is -2.34. The van der Waals surface area contributed by atoms with Crippen molar-refractivity contribution in [1.82, 2.24) is 0 Å². The van der Waals surface area contributed by atoms with Crippen LogP contribution in [0.1, 0.15) is 44.2 Å². The second-order valence-electron chi connectivity index (χ2n) is 10.9. The summed E-state index contributed by atoms with van der Waals surface area (Å²) in [5.41, 5.74) is 6.32. The lowest BCUT2D eigenvalue weighted by molar-refractivity contribution is 0.483. The molecule has 0 saturated carbocycles. The molecule has 5 rings (SSSR count). The van der Waals surface area contributed by atoms with Crippen LogP contribution in [0.25, 0.3) is 21.5 Å². The smallest absolute Gasteiger partial charge is 0.0454 e. The van der Waals surface area contributed by atoms with Gasteiger partial charge in [0.1, 0.15) is 0 Å². The van der Waals surface area contributed by atoms with Crippen molar-refractivity contribution in [1.29, 1.82) is 0 Å². The molecule has 0 aromatic heterocycles. The summed E-state index contributed by atoms with van der Waals surface area (Å²) >= 11 is 0. The summed E-state index contributed by atoms with van der Waals surface area (Å²) in [5.74, 6) is 0. The van der Waals surface area contributed by atoms with Crippen molar-refractivity contribution < 1.29 is 0 Å². The Labute approximate surface area is 222 Å². The predicted molar refractivity (Wildman–Crippen MR) is 163 cm³/mol. The van der Waals surface area contributed by atoms with Gasteiger partial charge in [-0.1, -0.05) is 85.8 Å². The number of allylic oxidation sites excluding steroid dienone is 4. The van der Waals surface area contributed by atoms with Crippen LogP contribution in [0.5, 0.6) is 0 Å². The van der Waals surface area contributed by atoms with Crippen molar-refractivity contribution in [3.05, 3.63) is 121 Å². The van der Waals surface area contributed by atoms with E-state index in [4.69, 9.17) is 0 Å². The molecule has 0 bridgehead atoms. The number of fused-ring (bicyclic) bond motifs is 4. The zero-order chi connectivity index (χ0) is 26.2. The quantitative estimate of drug-likeness (QED) is 0.250. The van der Waals surface area contributed by atoms with Gasteiger partial charge in [-0.05, 0) is 71.0 Å². The van der Waals surface area contributed by atoms with Gasteiger partial charge in [0, 0.05) is 42.0 Å². The summed E-state index contributed by atoms with van der Waals surface area (Å²) < 4.78 is 0. The molecular formula is C35H38N2. The van der Waals surface area contributed by atoms with E-state index in [1.165, 1.54) is 49.7 Å². The summed E-state index contributed by atoms with van der Waals surface area (Å²) in [7, 11) is 4.24. The molecule has 1 aliphatic heterocycles. The fourth-order valence-corrected chi connectivity index (χ4v) is 6.66. The van der Waals surface area contributed by atoms with Gasteiger partial charge in [0.05, 0.1) is 0 Å². The molecule has 2 heteroatoms. The first-order valence-electron chi connectivity index (χ1n) is 13.3. The number of hydrogen-bond acceptors (Lipinski definition) is 2. The second kappa shape index (κ2) is 9.59. The largest absolute Gasteiger partial charge is 0.388 e. The first-order valence-corrected chi connectivity index (χ1v) is 13.3. The molecule has 188 valence electrons. The van der Waals surface area contributed by atoms with E-state index in [9.17, 15) is 0 Å². The van der Waals surface area contributed by atoms with Gasteiger partial charge in [-0.3, -0.25) is 0 Å². The Morgan fingerprint density at radius 3 is 2.19 bits per heavy atom. The Balaban J connectivity index is 1.68. The summed E-state index contributed by atoms with van der Waals surface area (Å²) in [6, 6.07) is 26.5. The molecule has 0 saturated heterocycles. The van der Waals surface area contributed by atoms with Crippen molar-refractivity contribution in [3.63, 3.8) is 0 Å². The molecular weight excluding hydrogens is 448 g/mol. The minimum Gasteiger partial charge on any atom is -0.388 e. The molecule has 0 radical (unpaired) electrons. The molecule has 37 heavy (non-hydrogen) atoms. The van der Waals surface area contributed by atoms with Gasteiger partial charge in [0.15, 0.2) is 0 Å². The standard InChI is InChI=1S/C35H38N2/c1-7-22-34(3,32-27-15-11-9-13-25(27)17-19-29(32)36-5)24-21-31-35(4,23-8-2)33-28-16-12-10-14-26(28)18-20-30(33)37(31)6/h7-21,36H,1-2,22-24H2,3-6H3/b31-21+. The molecule has 0 fully saturated rings. The third-order valence-corrected chi connectivity index (χ3v) is 8.44. The number of hydrogen-bond donors (Lipinski definition) is 1. The molecule has 2 atom stereocenters. The first kappa shape index (κ1) is 24.9. The molecule has 0 spiro atoms. The average Bonchev–Trinajstić information content (AvgIpc) is 3.13. The lowest BCUT2D eigenvalue weighted by atomic mass is 9.72. The Hall–Kier alpha value is -3.78. The van der Waals surface area contributed by atoms with E-state index in [-0.39, 0.29) is 10.8 Å². The van der Waals surface area contributed by atoms with Crippen LogP contribution >= 0.6 is 0 Å². The number of nitrogens with one attached hydrogen (secondary N) is 1. The van der Waals surface area contributed by atoms with E-state index in [0.29, 0.717) is 0 Å². The Morgan fingerprint density at radius 1 is 0.865 bits per heavy atom. The van der Waals surface area contributed by atoms with Crippen LogP contribution in [-0.4, -0.2) is 14.1 Å². The summed E-state index contributed by atoms with van der Waals surface area (Å²) in [4.78, 5) is 2.40. The number of benzene rings is 4. The van der Waals surface area contributed by atoms with E-state index >= 15 is 0 Å². The maximum Gasteiger partial charge on any atom is 0.0454 e. The summed E-state index contributed by atoms with van der Waals surface area (Å²) in [6.45, 7) is 13.1. The van der Waals surface area contributed by atoms with Crippen molar-refractivity contribution in [2.75, 3.05) is 24.3 Å². The third kappa shape index (κ3) is 3.96. The van der Waals surface area contributed by atoms with Crippen LogP contribution in [0.4, 0.5) is 11.4 Å². The van der Waals surface area contributed by atoms with Crippen LogP contribution in [0.3, 0.4) is 0 Å². The van der Waals surface area contributed by atoms with E-state index in [0.717, 1.165) is 19.3 Å². The Bertz CT molecular complexity index is 1530. The number of anilines is 2.